The lowest BCUT2D eigenvalue weighted by molar-refractivity contribution is 0.101. The number of hydrogen-bond acceptors (Lipinski definition) is 6. The van der Waals surface area contributed by atoms with Crippen molar-refractivity contribution in [1.82, 2.24) is 15.0 Å². The topological polar surface area (TPSA) is 71.3 Å². The highest BCUT2D eigenvalue weighted by molar-refractivity contribution is 7.15. The number of anilines is 1. The number of rotatable bonds is 4. The van der Waals surface area contributed by atoms with Gasteiger partial charge in [0.05, 0.1) is 15.7 Å². The Balaban J connectivity index is 1.42. The highest BCUT2D eigenvalue weighted by Gasteiger charge is 2.22. The van der Waals surface area contributed by atoms with Gasteiger partial charge in [0.1, 0.15) is 5.76 Å². The normalized spacial score (nSPS) is 14.2. The van der Waals surface area contributed by atoms with Gasteiger partial charge < -0.3 is 4.52 Å². The summed E-state index contributed by atoms with van der Waals surface area (Å²) in [7, 11) is 0. The molecule has 0 saturated carbocycles. The molecule has 1 N–H and O–H groups in total. The van der Waals surface area contributed by atoms with E-state index in [1.165, 1.54) is 11.3 Å². The van der Waals surface area contributed by atoms with Crippen LogP contribution in [0, 0.1) is 6.92 Å². The summed E-state index contributed by atoms with van der Waals surface area (Å²) < 4.78 is 4.94. The zero-order chi connectivity index (χ0) is 19.0. The standard InChI is InChI=1S/C18H16Cl2N4O2S/c1-10-6-15(23-26-10)17(25)22-18-21-14-4-5-24(9-16(14)27-18)8-11-2-3-12(19)13(20)7-11/h2-3,6-7H,4-5,8-9H2,1H3,(H,21,22,25). The Morgan fingerprint density at radius 2 is 2.19 bits per heavy atom. The molecule has 140 valence electrons. The first-order valence-electron chi connectivity index (χ1n) is 8.37. The number of aryl methyl sites for hydroxylation is 1. The number of carbonyl (C=O) groups excluding carboxylic acids is 1. The van der Waals surface area contributed by atoms with Gasteiger partial charge >= 0.3 is 0 Å². The number of thiazole rings is 1. The SMILES string of the molecule is Cc1cc(C(=O)Nc2nc3c(s2)CN(Cc2ccc(Cl)c(Cl)c2)CC3)no1. The number of aromatic nitrogens is 2. The molecule has 0 spiro atoms. The molecule has 1 aromatic carbocycles. The second-order valence-corrected chi connectivity index (χ2v) is 8.27. The molecule has 3 aromatic rings. The quantitative estimate of drug-likeness (QED) is 0.667. The van der Waals surface area contributed by atoms with Crippen LogP contribution in [0.2, 0.25) is 10.0 Å². The van der Waals surface area contributed by atoms with Crippen LogP contribution in [0.1, 0.15) is 32.4 Å². The Bertz CT molecular complexity index is 1000. The van der Waals surface area contributed by atoms with Crippen LogP contribution in [-0.2, 0) is 19.5 Å². The molecule has 0 fully saturated rings. The third-order valence-corrected chi connectivity index (χ3v) is 6.02. The summed E-state index contributed by atoms with van der Waals surface area (Å²) in [6.45, 7) is 4.21. The second-order valence-electron chi connectivity index (χ2n) is 6.37. The number of nitrogens with zero attached hydrogens (tertiary/aromatic N) is 3. The molecule has 1 aliphatic rings. The Morgan fingerprint density at radius 3 is 2.93 bits per heavy atom. The summed E-state index contributed by atoms with van der Waals surface area (Å²) >= 11 is 13.6. The van der Waals surface area contributed by atoms with E-state index in [4.69, 9.17) is 27.7 Å². The van der Waals surface area contributed by atoms with Crippen molar-refractivity contribution in [2.45, 2.75) is 26.4 Å². The highest BCUT2D eigenvalue weighted by Crippen LogP contribution is 2.30. The van der Waals surface area contributed by atoms with Gasteiger partial charge in [-0.15, -0.1) is 11.3 Å². The van der Waals surface area contributed by atoms with Gasteiger partial charge in [-0.1, -0.05) is 34.4 Å². The maximum absolute atomic E-state index is 12.2. The van der Waals surface area contributed by atoms with E-state index < -0.39 is 0 Å². The molecule has 3 heterocycles. The van der Waals surface area contributed by atoms with Gasteiger partial charge in [-0.3, -0.25) is 15.0 Å². The van der Waals surface area contributed by atoms with E-state index in [1.54, 1.807) is 13.0 Å². The summed E-state index contributed by atoms with van der Waals surface area (Å²) in [5, 5.41) is 8.24. The molecule has 9 heteroatoms. The zero-order valence-corrected chi connectivity index (χ0v) is 16.8. The average molecular weight is 423 g/mol. The molecule has 0 saturated heterocycles. The number of fused-ring (bicyclic) bond motifs is 1. The number of halogens is 2. The number of nitrogens with one attached hydrogen (secondary N) is 1. The number of hydrogen-bond donors (Lipinski definition) is 1. The van der Waals surface area contributed by atoms with Gasteiger partial charge in [0.2, 0.25) is 0 Å². The summed E-state index contributed by atoms with van der Waals surface area (Å²) in [6.07, 6.45) is 0.839. The van der Waals surface area contributed by atoms with Crippen LogP contribution in [0.3, 0.4) is 0 Å². The van der Waals surface area contributed by atoms with Crippen molar-refractivity contribution in [2.24, 2.45) is 0 Å². The first kappa shape index (κ1) is 18.4. The molecule has 2 aromatic heterocycles. The number of amides is 1. The van der Waals surface area contributed by atoms with Crippen LogP contribution < -0.4 is 5.32 Å². The van der Waals surface area contributed by atoms with E-state index in [9.17, 15) is 4.79 Å². The van der Waals surface area contributed by atoms with Gasteiger partial charge in [-0.05, 0) is 24.6 Å². The predicted octanol–water partition coefficient (Wildman–Crippen LogP) is 4.56. The largest absolute Gasteiger partial charge is 0.361 e. The fourth-order valence-corrected chi connectivity index (χ4v) is 4.33. The third kappa shape index (κ3) is 4.16. The smallest absolute Gasteiger partial charge is 0.279 e. The van der Waals surface area contributed by atoms with Crippen molar-refractivity contribution in [3.8, 4) is 0 Å². The molecule has 1 amide bonds. The Hall–Kier alpha value is -1.93. The van der Waals surface area contributed by atoms with Gasteiger partial charge in [0.15, 0.2) is 10.8 Å². The molecule has 0 atom stereocenters. The Morgan fingerprint density at radius 1 is 1.33 bits per heavy atom. The lowest BCUT2D eigenvalue weighted by Crippen LogP contribution is -2.29. The van der Waals surface area contributed by atoms with E-state index >= 15 is 0 Å². The van der Waals surface area contributed by atoms with Crippen molar-refractivity contribution in [3.63, 3.8) is 0 Å². The predicted molar refractivity (Wildman–Crippen MR) is 106 cm³/mol. The first-order valence-corrected chi connectivity index (χ1v) is 9.95. The molecule has 0 bridgehead atoms. The number of benzene rings is 1. The van der Waals surface area contributed by atoms with Crippen molar-refractivity contribution < 1.29 is 9.32 Å². The maximum Gasteiger partial charge on any atom is 0.279 e. The monoisotopic (exact) mass is 422 g/mol. The number of carbonyl (C=O) groups is 1. The molecule has 4 rings (SSSR count). The molecule has 0 aliphatic carbocycles. The fourth-order valence-electron chi connectivity index (χ4n) is 2.97. The molecule has 6 nitrogen and oxygen atoms in total. The molecular weight excluding hydrogens is 407 g/mol. The van der Waals surface area contributed by atoms with Crippen molar-refractivity contribution in [1.29, 1.82) is 0 Å². The van der Waals surface area contributed by atoms with Crippen LogP contribution >= 0.6 is 34.5 Å². The van der Waals surface area contributed by atoms with Crippen LogP contribution in [0.5, 0.6) is 0 Å². The van der Waals surface area contributed by atoms with Gasteiger partial charge in [-0.25, -0.2) is 4.98 Å². The maximum atomic E-state index is 12.2. The van der Waals surface area contributed by atoms with Crippen LogP contribution in [0.25, 0.3) is 0 Å². The minimum absolute atomic E-state index is 0.252. The van der Waals surface area contributed by atoms with E-state index in [2.05, 4.69) is 20.4 Å². The summed E-state index contributed by atoms with van der Waals surface area (Å²) in [5.74, 6) is 0.280. The lowest BCUT2D eigenvalue weighted by atomic mass is 10.1. The zero-order valence-electron chi connectivity index (χ0n) is 14.5. The van der Waals surface area contributed by atoms with Crippen molar-refractivity contribution in [2.75, 3.05) is 11.9 Å². The summed E-state index contributed by atoms with van der Waals surface area (Å²) in [6, 6.07) is 7.31. The summed E-state index contributed by atoms with van der Waals surface area (Å²) in [5.41, 5.74) is 2.41. The van der Waals surface area contributed by atoms with Crippen molar-refractivity contribution >= 4 is 45.6 Å². The Labute approximate surface area is 170 Å². The first-order chi connectivity index (χ1) is 13.0. The van der Waals surface area contributed by atoms with Crippen LogP contribution in [-0.4, -0.2) is 27.5 Å². The van der Waals surface area contributed by atoms with Gasteiger partial charge in [-0.2, -0.15) is 0 Å². The Kier molecular flexibility index (Phi) is 5.19. The fraction of sp³-hybridized carbons (Fsp3) is 0.278. The summed E-state index contributed by atoms with van der Waals surface area (Å²) in [4.78, 5) is 20.2. The molecule has 27 heavy (non-hydrogen) atoms. The van der Waals surface area contributed by atoms with Crippen LogP contribution in [0.15, 0.2) is 28.8 Å². The molecule has 0 radical (unpaired) electrons. The van der Waals surface area contributed by atoms with Crippen LogP contribution in [0.4, 0.5) is 5.13 Å². The molecular formula is C18H16Cl2N4O2S. The highest BCUT2D eigenvalue weighted by atomic mass is 35.5. The van der Waals surface area contributed by atoms with E-state index in [-0.39, 0.29) is 11.6 Å². The van der Waals surface area contributed by atoms with E-state index in [0.717, 1.165) is 42.2 Å². The lowest BCUT2D eigenvalue weighted by Gasteiger charge is -2.25. The molecule has 1 aliphatic heterocycles. The van der Waals surface area contributed by atoms with Gasteiger partial charge in [0.25, 0.3) is 5.91 Å². The van der Waals surface area contributed by atoms with Crippen molar-refractivity contribution in [3.05, 3.63) is 61.9 Å². The second kappa shape index (κ2) is 7.59. The average Bonchev–Trinajstić information content (AvgIpc) is 3.23. The molecule has 0 unspecified atom stereocenters. The third-order valence-electron chi connectivity index (χ3n) is 4.28. The minimum Gasteiger partial charge on any atom is -0.361 e. The van der Waals surface area contributed by atoms with E-state index in [0.29, 0.717) is 20.9 Å². The minimum atomic E-state index is -0.314. The van der Waals surface area contributed by atoms with Gasteiger partial charge in [0, 0.05) is 37.0 Å². The van der Waals surface area contributed by atoms with E-state index in [1.807, 2.05) is 18.2 Å².